The molecule has 7 nitrogen and oxygen atoms in total. The Morgan fingerprint density at radius 1 is 1.22 bits per heavy atom. The summed E-state index contributed by atoms with van der Waals surface area (Å²) in [5.74, 6) is -2.45. The van der Waals surface area contributed by atoms with Gasteiger partial charge in [-0.2, -0.15) is 0 Å². The fourth-order valence-corrected chi connectivity index (χ4v) is 10.0. The summed E-state index contributed by atoms with van der Waals surface area (Å²) in [4.78, 5) is 14.4. The molecule has 0 amide bonds. The van der Waals surface area contributed by atoms with E-state index in [0.29, 0.717) is 18.8 Å². The van der Waals surface area contributed by atoms with Crippen molar-refractivity contribution in [3.8, 4) is 0 Å². The van der Waals surface area contributed by atoms with E-state index in [1.54, 1.807) is 6.92 Å². The first-order chi connectivity index (χ1) is 17.5. The number of allylic oxidation sites excluding steroid dienone is 1. The third-order valence-electron chi connectivity index (χ3n) is 11.0. The van der Waals surface area contributed by atoms with Gasteiger partial charge in [-0.25, -0.2) is 0 Å². The molecule has 3 saturated carbocycles. The molecule has 6 fully saturated rings. The summed E-state index contributed by atoms with van der Waals surface area (Å²) in [6, 6.07) is 0. The summed E-state index contributed by atoms with van der Waals surface area (Å²) < 4.78 is 32.7. The lowest BCUT2D eigenvalue weighted by atomic mass is 9.36. The second-order valence-corrected chi connectivity index (χ2v) is 13.6. The third-order valence-corrected chi connectivity index (χ3v) is 11.0. The van der Waals surface area contributed by atoms with E-state index in [4.69, 9.17) is 23.7 Å². The predicted molar refractivity (Wildman–Crippen MR) is 134 cm³/mol. The largest absolute Gasteiger partial charge is 0.469 e. The molecule has 3 saturated heterocycles. The number of carbonyl (C=O) groups is 1. The number of hydrogen-bond acceptors (Lipinski definition) is 7. The highest BCUT2D eigenvalue weighted by Gasteiger charge is 2.90. The van der Waals surface area contributed by atoms with Crippen LogP contribution in [0, 0.1) is 40.9 Å². The lowest BCUT2D eigenvalue weighted by Crippen LogP contribution is -2.87. The number of rotatable bonds is 4. The van der Waals surface area contributed by atoms with Crippen molar-refractivity contribution in [2.24, 2.45) is 34.0 Å². The number of aliphatic hydroxyl groups excluding tert-OH is 1. The Morgan fingerprint density at radius 2 is 2.00 bits per heavy atom. The molecule has 7 heteroatoms. The van der Waals surface area contributed by atoms with Crippen molar-refractivity contribution in [3.63, 3.8) is 0 Å². The van der Waals surface area contributed by atoms with E-state index in [1.165, 1.54) is 5.57 Å². The Bertz CT molecular complexity index is 1090. The van der Waals surface area contributed by atoms with Gasteiger partial charge < -0.3 is 24.1 Å². The fourth-order valence-electron chi connectivity index (χ4n) is 10.0. The zero-order valence-electron chi connectivity index (χ0n) is 22.6. The summed E-state index contributed by atoms with van der Waals surface area (Å²) in [5.41, 5.74) is -0.251. The van der Waals surface area contributed by atoms with Crippen LogP contribution in [0.1, 0.15) is 72.6 Å². The number of ether oxygens (including phenoxy) is 5. The molecule has 8 aliphatic rings. The molecular weight excluding hydrogens is 472 g/mol. The van der Waals surface area contributed by atoms with Gasteiger partial charge in [0.1, 0.15) is 24.2 Å². The van der Waals surface area contributed by atoms with Crippen LogP contribution < -0.4 is 0 Å². The van der Waals surface area contributed by atoms with Gasteiger partial charge in [-0.1, -0.05) is 33.8 Å². The van der Waals surface area contributed by atoms with Crippen LogP contribution in [0.25, 0.3) is 0 Å². The molecule has 4 heterocycles. The highest BCUT2D eigenvalue weighted by atomic mass is 16.8. The van der Waals surface area contributed by atoms with E-state index in [1.807, 2.05) is 0 Å². The average molecular weight is 514 g/mol. The van der Waals surface area contributed by atoms with Crippen molar-refractivity contribution < 1.29 is 33.6 Å². The molecule has 37 heavy (non-hydrogen) atoms. The van der Waals surface area contributed by atoms with E-state index in [0.717, 1.165) is 50.7 Å². The van der Waals surface area contributed by atoms with Crippen LogP contribution in [0.3, 0.4) is 0 Å². The minimum atomic E-state index is -1.53. The number of hydrogen-bond donors (Lipinski definition) is 1. The van der Waals surface area contributed by atoms with Crippen LogP contribution in [-0.4, -0.2) is 54.2 Å². The molecule has 4 aliphatic heterocycles. The Hall–Kier alpha value is -1.38. The Labute approximate surface area is 219 Å². The number of fused-ring (bicyclic) bond motifs is 1. The zero-order valence-corrected chi connectivity index (χ0v) is 22.6. The van der Waals surface area contributed by atoms with E-state index in [9.17, 15) is 9.90 Å². The van der Waals surface area contributed by atoms with Gasteiger partial charge in [0.25, 0.3) is 0 Å². The Morgan fingerprint density at radius 3 is 2.76 bits per heavy atom. The topological polar surface area (TPSA) is 83.5 Å². The Kier molecular flexibility index (Phi) is 4.94. The van der Waals surface area contributed by atoms with Crippen molar-refractivity contribution in [3.05, 3.63) is 30.4 Å². The summed E-state index contributed by atoms with van der Waals surface area (Å²) in [5, 5.41) is 12.4. The molecule has 0 aromatic carbocycles. The second-order valence-electron chi connectivity index (χ2n) is 13.6. The maximum absolute atomic E-state index is 14.4. The molecule has 0 aromatic heterocycles. The molecule has 1 unspecified atom stereocenters. The van der Waals surface area contributed by atoms with Crippen molar-refractivity contribution in [1.82, 2.24) is 0 Å². The minimum Gasteiger partial charge on any atom is -0.469 e. The maximum Gasteiger partial charge on any atom is 0.314 e. The predicted octanol–water partition coefficient (Wildman–Crippen LogP) is 4.44. The molecule has 4 bridgehead atoms. The van der Waals surface area contributed by atoms with E-state index in [-0.39, 0.29) is 35.2 Å². The van der Waals surface area contributed by atoms with Gasteiger partial charge in [0.2, 0.25) is 5.79 Å². The zero-order chi connectivity index (χ0) is 26.2. The molecule has 1 N–H and O–H groups in total. The molecule has 8 rings (SSSR count). The van der Waals surface area contributed by atoms with Crippen LogP contribution in [0.15, 0.2) is 23.5 Å². The van der Waals surface area contributed by atoms with Gasteiger partial charge in [-0.3, -0.25) is 9.53 Å². The van der Waals surface area contributed by atoms with Crippen molar-refractivity contribution in [2.45, 2.75) is 103 Å². The SMILES string of the molecule is C=C1C(=O)[C@@]23[C@@H]4OC([CH2+])(C)O[C@@]25OC[C@]2(C6=C(CC[C@H](OCCCC)O6)CC(C)(C)[C@H]2[C@@H]5O)[C@@H]3CC[C@@H]14. The van der Waals surface area contributed by atoms with Crippen molar-refractivity contribution in [2.75, 3.05) is 13.2 Å². The van der Waals surface area contributed by atoms with Gasteiger partial charge >= 0.3 is 5.79 Å². The van der Waals surface area contributed by atoms with E-state index >= 15 is 0 Å². The van der Waals surface area contributed by atoms with Gasteiger partial charge in [-0.05, 0) is 54.6 Å². The number of Topliss-reactive ketones (excluding diaryl/α,β-unsaturated/α-hetero) is 1. The van der Waals surface area contributed by atoms with Crippen molar-refractivity contribution >= 4 is 5.78 Å². The Balaban J connectivity index is 1.43. The molecule has 10 atom stereocenters. The second kappa shape index (κ2) is 7.42. The van der Waals surface area contributed by atoms with Gasteiger partial charge in [0.05, 0.1) is 24.7 Å². The van der Waals surface area contributed by atoms with Crippen LogP contribution in [-0.2, 0) is 28.5 Å². The summed E-state index contributed by atoms with van der Waals surface area (Å²) in [6.07, 6.45) is 4.32. The molecular formula is C30H41O7+. The van der Waals surface area contributed by atoms with E-state index in [2.05, 4.69) is 34.3 Å². The molecule has 4 aliphatic carbocycles. The third kappa shape index (κ3) is 2.66. The number of unbranched alkanes of at least 4 members (excludes halogenated alkanes) is 1. The normalized spacial score (nSPS) is 52.9. The first kappa shape index (κ1) is 24.6. The van der Waals surface area contributed by atoms with Gasteiger partial charge in [0, 0.05) is 25.2 Å². The van der Waals surface area contributed by atoms with Crippen LogP contribution in [0.5, 0.6) is 0 Å². The fraction of sp³-hybridized carbons (Fsp3) is 0.800. The minimum absolute atomic E-state index is 0.0749. The first-order valence-corrected chi connectivity index (χ1v) is 14.3. The summed E-state index contributed by atoms with van der Waals surface area (Å²) in [6.45, 7) is 17.8. The number of carbonyl (C=O) groups excluding carboxylic acids is 1. The molecule has 202 valence electrons. The quantitative estimate of drug-likeness (QED) is 0.338. The van der Waals surface area contributed by atoms with Crippen LogP contribution in [0.4, 0.5) is 0 Å². The first-order valence-electron chi connectivity index (χ1n) is 14.3. The monoisotopic (exact) mass is 513 g/mol. The number of aliphatic hydroxyl groups is 1. The van der Waals surface area contributed by atoms with Crippen LogP contribution in [0.2, 0.25) is 0 Å². The van der Waals surface area contributed by atoms with E-state index < -0.39 is 34.6 Å². The van der Waals surface area contributed by atoms with Gasteiger partial charge in [0.15, 0.2) is 12.1 Å². The number of ketones is 1. The average Bonchev–Trinajstić information content (AvgIpc) is 2.94. The van der Waals surface area contributed by atoms with Crippen molar-refractivity contribution in [1.29, 1.82) is 0 Å². The molecule has 0 aromatic rings. The highest BCUT2D eigenvalue weighted by Crippen LogP contribution is 2.80. The molecule has 0 radical (unpaired) electrons. The van der Waals surface area contributed by atoms with Gasteiger partial charge in [-0.15, -0.1) is 0 Å². The lowest BCUT2D eigenvalue weighted by Gasteiger charge is -2.76. The summed E-state index contributed by atoms with van der Waals surface area (Å²) >= 11 is 0. The standard InChI is InChI=1S/C30H41O7/c1-7-8-13-33-20-12-9-17-14-26(3,4)21-23(32)30-29-19(28(21,15-34-30)24(17)35-20)11-10-18(16(2)22(29)31)25(29)36-27(5,6)37-30/h18-21,23,25,32H,2,5,7-15H2,1,3-4,6H3/q+1/t18-,19-,20+,21+,23-,25+,27?,28-,29-,30+/m0/s1. The smallest absolute Gasteiger partial charge is 0.314 e. The lowest BCUT2D eigenvalue weighted by molar-refractivity contribution is -0.522. The molecule has 3 spiro atoms. The highest BCUT2D eigenvalue weighted by molar-refractivity contribution is 6.05. The van der Waals surface area contributed by atoms with Crippen LogP contribution >= 0.6 is 0 Å². The maximum atomic E-state index is 14.4. The summed E-state index contributed by atoms with van der Waals surface area (Å²) in [7, 11) is 0.